The van der Waals surface area contributed by atoms with Crippen LogP contribution in [0.15, 0.2) is 60.7 Å². The number of rotatable bonds is 6. The van der Waals surface area contributed by atoms with Gasteiger partial charge in [-0.05, 0) is 60.2 Å². The molecule has 3 N–H and O–H groups in total. The predicted octanol–water partition coefficient (Wildman–Crippen LogP) is 3.67. The highest BCUT2D eigenvalue weighted by Crippen LogP contribution is 2.48. The first kappa shape index (κ1) is 20.0. The normalized spacial score (nSPS) is 21.7. The standard InChI is InChI=1S/C26H28N2O3/c1-17-9-10-21(31-16-19-13-20(29)15-27-19)14-23(17)25(30)28-26(11-12-26)24-8-4-6-18-5-2-3-7-22(18)24/h2-10,14,19-20,27,29H,11-13,15-16H2,1H3,(H,28,30)/t19-,20+/m1/s1. The number of carbonyl (C=O) groups is 1. The SMILES string of the molecule is Cc1ccc(OC[C@H]2C[C@H](O)CN2)cc1C(=O)NC1(c2cccc3ccccc23)CC1. The van der Waals surface area contributed by atoms with Crippen LogP contribution in [0.3, 0.4) is 0 Å². The molecule has 5 nitrogen and oxygen atoms in total. The molecule has 2 atom stereocenters. The summed E-state index contributed by atoms with van der Waals surface area (Å²) in [6, 6.07) is 20.4. The van der Waals surface area contributed by atoms with Crippen molar-refractivity contribution in [3.8, 4) is 5.75 Å². The minimum atomic E-state index is -0.309. The molecule has 1 aliphatic carbocycles. The van der Waals surface area contributed by atoms with Crippen molar-refractivity contribution < 1.29 is 14.6 Å². The van der Waals surface area contributed by atoms with E-state index in [1.165, 1.54) is 16.3 Å². The second-order valence-corrected chi connectivity index (χ2v) is 8.85. The van der Waals surface area contributed by atoms with Gasteiger partial charge in [0.1, 0.15) is 12.4 Å². The number of ether oxygens (including phenoxy) is 1. The number of fused-ring (bicyclic) bond motifs is 1. The Morgan fingerprint density at radius 2 is 1.97 bits per heavy atom. The Labute approximate surface area is 182 Å². The smallest absolute Gasteiger partial charge is 0.252 e. The highest BCUT2D eigenvalue weighted by molar-refractivity contribution is 5.97. The monoisotopic (exact) mass is 416 g/mol. The Bertz CT molecular complexity index is 1120. The van der Waals surface area contributed by atoms with E-state index in [1.807, 2.05) is 37.3 Å². The third kappa shape index (κ3) is 4.03. The van der Waals surface area contributed by atoms with Crippen molar-refractivity contribution in [2.75, 3.05) is 13.2 Å². The van der Waals surface area contributed by atoms with Crippen molar-refractivity contribution in [2.45, 2.75) is 43.9 Å². The molecular formula is C26H28N2O3. The molecule has 0 aromatic heterocycles. The van der Waals surface area contributed by atoms with Crippen LogP contribution in [0.4, 0.5) is 0 Å². The molecule has 160 valence electrons. The van der Waals surface area contributed by atoms with Crippen LogP contribution in [0, 0.1) is 6.92 Å². The third-order valence-electron chi connectivity index (χ3n) is 6.51. The largest absolute Gasteiger partial charge is 0.492 e. The number of aliphatic hydroxyl groups is 1. The van der Waals surface area contributed by atoms with Gasteiger partial charge >= 0.3 is 0 Å². The molecule has 0 bridgehead atoms. The molecule has 31 heavy (non-hydrogen) atoms. The molecule has 1 heterocycles. The third-order valence-corrected chi connectivity index (χ3v) is 6.51. The number of aliphatic hydroxyl groups excluding tert-OH is 1. The number of aryl methyl sites for hydroxylation is 1. The van der Waals surface area contributed by atoms with Gasteiger partial charge in [-0.1, -0.05) is 48.5 Å². The van der Waals surface area contributed by atoms with Crippen molar-refractivity contribution in [3.63, 3.8) is 0 Å². The summed E-state index contributed by atoms with van der Waals surface area (Å²) in [6.45, 7) is 3.03. The van der Waals surface area contributed by atoms with Crippen LogP contribution in [0.1, 0.15) is 40.7 Å². The van der Waals surface area contributed by atoms with Crippen LogP contribution in [0.2, 0.25) is 0 Å². The molecular weight excluding hydrogens is 388 g/mol. The Morgan fingerprint density at radius 3 is 2.74 bits per heavy atom. The minimum Gasteiger partial charge on any atom is -0.492 e. The quantitative estimate of drug-likeness (QED) is 0.573. The first-order valence-corrected chi connectivity index (χ1v) is 11.0. The summed E-state index contributed by atoms with van der Waals surface area (Å²) in [4.78, 5) is 13.3. The van der Waals surface area contributed by atoms with Gasteiger partial charge in [0.25, 0.3) is 5.91 Å². The van der Waals surface area contributed by atoms with E-state index in [1.54, 1.807) is 0 Å². The molecule has 2 fully saturated rings. The summed E-state index contributed by atoms with van der Waals surface area (Å²) in [5, 5.41) is 18.6. The average Bonchev–Trinajstić information content (AvgIpc) is 3.44. The summed E-state index contributed by atoms with van der Waals surface area (Å²) in [6.07, 6.45) is 2.26. The molecule has 1 saturated carbocycles. The highest BCUT2D eigenvalue weighted by Gasteiger charge is 2.46. The number of hydrogen-bond acceptors (Lipinski definition) is 4. The van der Waals surface area contributed by atoms with Gasteiger partial charge in [0.05, 0.1) is 11.6 Å². The van der Waals surface area contributed by atoms with Crippen LogP contribution in [0.25, 0.3) is 10.8 Å². The van der Waals surface area contributed by atoms with Gasteiger partial charge in [0, 0.05) is 18.2 Å². The van der Waals surface area contributed by atoms with E-state index in [0.717, 1.165) is 18.4 Å². The number of carbonyl (C=O) groups excluding carboxylic acids is 1. The first-order chi connectivity index (χ1) is 15.0. The van der Waals surface area contributed by atoms with Crippen molar-refractivity contribution in [3.05, 3.63) is 77.4 Å². The topological polar surface area (TPSA) is 70.6 Å². The van der Waals surface area contributed by atoms with E-state index in [0.29, 0.717) is 30.9 Å². The van der Waals surface area contributed by atoms with Crippen LogP contribution >= 0.6 is 0 Å². The van der Waals surface area contributed by atoms with E-state index < -0.39 is 0 Å². The number of β-amino-alcohol motifs (C(OH)–C–C–N with tert-alkyl or cyclic N) is 1. The lowest BCUT2D eigenvalue weighted by molar-refractivity contribution is 0.0930. The molecule has 0 spiro atoms. The lowest BCUT2D eigenvalue weighted by Crippen LogP contribution is -2.35. The molecule has 3 aromatic rings. The Morgan fingerprint density at radius 1 is 1.16 bits per heavy atom. The minimum absolute atomic E-state index is 0.0669. The van der Waals surface area contributed by atoms with Crippen molar-refractivity contribution in [2.24, 2.45) is 0 Å². The molecule has 0 radical (unpaired) electrons. The van der Waals surface area contributed by atoms with Gasteiger partial charge in [-0.15, -0.1) is 0 Å². The number of benzene rings is 3. The molecule has 1 saturated heterocycles. The van der Waals surface area contributed by atoms with Crippen LogP contribution in [-0.4, -0.2) is 36.3 Å². The number of amides is 1. The lowest BCUT2D eigenvalue weighted by Gasteiger charge is -2.21. The summed E-state index contributed by atoms with van der Waals surface area (Å²) < 4.78 is 5.92. The van der Waals surface area contributed by atoms with Crippen molar-refractivity contribution in [1.82, 2.24) is 10.6 Å². The Kier molecular flexibility index (Phi) is 5.16. The zero-order valence-corrected chi connectivity index (χ0v) is 17.7. The van der Waals surface area contributed by atoms with Crippen molar-refractivity contribution >= 4 is 16.7 Å². The van der Waals surface area contributed by atoms with Crippen LogP contribution in [0.5, 0.6) is 5.75 Å². The van der Waals surface area contributed by atoms with Crippen LogP contribution in [-0.2, 0) is 5.54 Å². The summed E-state index contributed by atoms with van der Waals surface area (Å²) in [5.74, 6) is 0.608. The molecule has 5 rings (SSSR count). The Hall–Kier alpha value is -2.89. The van der Waals surface area contributed by atoms with Gasteiger partial charge in [0.15, 0.2) is 0 Å². The molecule has 2 aliphatic rings. The van der Waals surface area contributed by atoms with Crippen molar-refractivity contribution in [1.29, 1.82) is 0 Å². The number of nitrogens with one attached hydrogen (secondary N) is 2. The average molecular weight is 417 g/mol. The fraction of sp³-hybridized carbons (Fsp3) is 0.346. The van der Waals surface area contributed by atoms with Crippen LogP contribution < -0.4 is 15.4 Å². The maximum atomic E-state index is 13.3. The molecule has 3 aromatic carbocycles. The lowest BCUT2D eigenvalue weighted by atomic mass is 9.96. The van der Waals surface area contributed by atoms with E-state index in [-0.39, 0.29) is 23.6 Å². The Balaban J connectivity index is 1.34. The summed E-state index contributed by atoms with van der Waals surface area (Å²) >= 11 is 0. The number of hydrogen-bond donors (Lipinski definition) is 3. The van der Waals surface area contributed by atoms with E-state index in [9.17, 15) is 9.90 Å². The maximum absolute atomic E-state index is 13.3. The van der Waals surface area contributed by atoms with Gasteiger partial charge in [-0.2, -0.15) is 0 Å². The molecule has 1 aliphatic heterocycles. The fourth-order valence-electron chi connectivity index (χ4n) is 4.57. The molecule has 0 unspecified atom stereocenters. The first-order valence-electron chi connectivity index (χ1n) is 11.0. The summed E-state index contributed by atoms with van der Waals surface area (Å²) in [5.41, 5.74) is 2.46. The zero-order chi connectivity index (χ0) is 21.4. The van der Waals surface area contributed by atoms with E-state index >= 15 is 0 Å². The van der Waals surface area contributed by atoms with Gasteiger partial charge in [-0.3, -0.25) is 4.79 Å². The highest BCUT2D eigenvalue weighted by atomic mass is 16.5. The summed E-state index contributed by atoms with van der Waals surface area (Å²) in [7, 11) is 0. The van der Waals surface area contributed by atoms with Gasteiger partial charge in [0.2, 0.25) is 0 Å². The van der Waals surface area contributed by atoms with E-state index in [2.05, 4.69) is 41.0 Å². The predicted molar refractivity (Wildman–Crippen MR) is 121 cm³/mol. The fourth-order valence-corrected chi connectivity index (χ4v) is 4.57. The zero-order valence-electron chi connectivity index (χ0n) is 17.7. The molecule has 5 heteroatoms. The maximum Gasteiger partial charge on any atom is 0.252 e. The molecule has 1 amide bonds. The second kappa shape index (κ2) is 7.98. The van der Waals surface area contributed by atoms with E-state index in [4.69, 9.17) is 4.74 Å². The van der Waals surface area contributed by atoms with Gasteiger partial charge in [-0.25, -0.2) is 0 Å². The van der Waals surface area contributed by atoms with Gasteiger partial charge < -0.3 is 20.5 Å². The second-order valence-electron chi connectivity index (χ2n) is 8.85.